The van der Waals surface area contributed by atoms with Crippen LogP contribution in [0.5, 0.6) is 0 Å². The summed E-state index contributed by atoms with van der Waals surface area (Å²) in [4.78, 5) is 23.8. The van der Waals surface area contributed by atoms with E-state index in [0.717, 1.165) is 18.4 Å². The highest BCUT2D eigenvalue weighted by molar-refractivity contribution is 5.98. The highest BCUT2D eigenvalue weighted by Gasteiger charge is 2.17. The van der Waals surface area contributed by atoms with Crippen LogP contribution in [-0.2, 0) is 4.79 Å². The molecule has 1 unspecified atom stereocenters. The maximum atomic E-state index is 12.1. The van der Waals surface area contributed by atoms with Crippen molar-refractivity contribution in [2.75, 3.05) is 18.9 Å². The van der Waals surface area contributed by atoms with Gasteiger partial charge in [0, 0.05) is 24.8 Å². The summed E-state index contributed by atoms with van der Waals surface area (Å²) in [7, 11) is 1.58. The lowest BCUT2D eigenvalue weighted by atomic mass is 10.0. The molecule has 4 N–H and O–H groups in total. The summed E-state index contributed by atoms with van der Waals surface area (Å²) in [5.74, 6) is -0.459. The predicted molar refractivity (Wildman–Crippen MR) is 80.7 cm³/mol. The highest BCUT2D eigenvalue weighted by Crippen LogP contribution is 2.18. The molecule has 0 bridgehead atoms. The molecule has 110 valence electrons. The molecule has 0 fully saturated rings. The van der Waals surface area contributed by atoms with Crippen LogP contribution >= 0.6 is 0 Å². The number of carbonyl (C=O) groups is 2. The third kappa shape index (κ3) is 4.06. The molecular formula is C15H23N3O2. The van der Waals surface area contributed by atoms with Gasteiger partial charge in [-0.1, -0.05) is 19.4 Å². The Morgan fingerprint density at radius 1 is 1.35 bits per heavy atom. The number of nitrogens with two attached hydrogens (primary N) is 1. The molecule has 1 rings (SSSR count). The second kappa shape index (κ2) is 7.65. The minimum Gasteiger partial charge on any atom is -0.355 e. The molecule has 1 aromatic rings. The number of rotatable bonds is 6. The van der Waals surface area contributed by atoms with Gasteiger partial charge in [-0.25, -0.2) is 0 Å². The van der Waals surface area contributed by atoms with Crippen LogP contribution in [0.1, 0.15) is 35.7 Å². The molecule has 0 aromatic heterocycles. The first-order valence-corrected chi connectivity index (χ1v) is 6.87. The molecule has 0 aliphatic rings. The van der Waals surface area contributed by atoms with E-state index in [1.165, 1.54) is 0 Å². The van der Waals surface area contributed by atoms with Gasteiger partial charge in [0.2, 0.25) is 5.91 Å². The molecule has 20 heavy (non-hydrogen) atoms. The van der Waals surface area contributed by atoms with Crippen molar-refractivity contribution in [1.82, 2.24) is 5.32 Å². The molecule has 0 saturated heterocycles. The molecule has 0 radical (unpaired) electrons. The Bertz CT molecular complexity index is 486. The summed E-state index contributed by atoms with van der Waals surface area (Å²) in [5.41, 5.74) is 7.72. The monoisotopic (exact) mass is 277 g/mol. The van der Waals surface area contributed by atoms with Crippen molar-refractivity contribution in [2.45, 2.75) is 26.7 Å². The van der Waals surface area contributed by atoms with E-state index < -0.39 is 0 Å². The molecular weight excluding hydrogens is 254 g/mol. The summed E-state index contributed by atoms with van der Waals surface area (Å²) in [6, 6.07) is 5.24. The number of hydrogen-bond acceptors (Lipinski definition) is 3. The lowest BCUT2D eigenvalue weighted by molar-refractivity contribution is -0.119. The molecule has 5 nitrogen and oxygen atoms in total. The van der Waals surface area contributed by atoms with E-state index in [1.807, 2.05) is 19.9 Å². The van der Waals surface area contributed by atoms with Crippen LogP contribution in [0.15, 0.2) is 18.2 Å². The van der Waals surface area contributed by atoms with Crippen LogP contribution in [0.4, 0.5) is 5.69 Å². The second-order valence-corrected chi connectivity index (χ2v) is 4.82. The van der Waals surface area contributed by atoms with Gasteiger partial charge in [0.15, 0.2) is 0 Å². The quantitative estimate of drug-likeness (QED) is 0.739. The van der Waals surface area contributed by atoms with E-state index in [4.69, 9.17) is 5.73 Å². The number of aryl methyl sites for hydroxylation is 1. The predicted octanol–water partition coefficient (Wildman–Crippen LogP) is 1.67. The van der Waals surface area contributed by atoms with Crippen molar-refractivity contribution in [3.05, 3.63) is 29.3 Å². The lowest BCUT2D eigenvalue weighted by Gasteiger charge is -2.16. The summed E-state index contributed by atoms with van der Waals surface area (Å²) in [5, 5.41) is 5.43. The summed E-state index contributed by atoms with van der Waals surface area (Å²) in [6.07, 6.45) is 1.67. The third-order valence-corrected chi connectivity index (χ3v) is 3.28. The van der Waals surface area contributed by atoms with Crippen LogP contribution in [-0.4, -0.2) is 25.4 Å². The topological polar surface area (TPSA) is 84.2 Å². The van der Waals surface area contributed by atoms with Crippen LogP contribution in [0.3, 0.4) is 0 Å². The Kier molecular flexibility index (Phi) is 6.18. The van der Waals surface area contributed by atoms with E-state index in [2.05, 4.69) is 10.6 Å². The molecule has 0 saturated carbocycles. The summed E-state index contributed by atoms with van der Waals surface area (Å²) in [6.45, 7) is 4.24. The molecule has 5 heteroatoms. The largest absolute Gasteiger partial charge is 0.355 e. The standard InChI is InChI=1S/C15H23N3O2/c1-4-5-12(9-16)15(20)18-13-8-11(14(19)17-3)7-6-10(13)2/h6-8,12H,4-5,9,16H2,1-3H3,(H,17,19)(H,18,20). The van der Waals surface area contributed by atoms with Crippen molar-refractivity contribution in [3.8, 4) is 0 Å². The first-order chi connectivity index (χ1) is 9.53. The normalized spacial score (nSPS) is 11.8. The smallest absolute Gasteiger partial charge is 0.251 e. The maximum absolute atomic E-state index is 12.1. The molecule has 1 atom stereocenters. The zero-order valence-electron chi connectivity index (χ0n) is 12.3. The number of nitrogens with one attached hydrogen (secondary N) is 2. The van der Waals surface area contributed by atoms with Gasteiger partial charge in [-0.15, -0.1) is 0 Å². The van der Waals surface area contributed by atoms with Gasteiger partial charge in [0.05, 0.1) is 5.92 Å². The molecule has 0 spiro atoms. The Morgan fingerprint density at radius 3 is 2.60 bits per heavy atom. The van der Waals surface area contributed by atoms with E-state index in [9.17, 15) is 9.59 Å². The van der Waals surface area contributed by atoms with Gasteiger partial charge in [-0.05, 0) is 31.0 Å². The van der Waals surface area contributed by atoms with Crippen LogP contribution in [0.2, 0.25) is 0 Å². The second-order valence-electron chi connectivity index (χ2n) is 4.82. The van der Waals surface area contributed by atoms with Gasteiger partial charge in [0.1, 0.15) is 0 Å². The summed E-state index contributed by atoms with van der Waals surface area (Å²) >= 11 is 0. The lowest BCUT2D eigenvalue weighted by Crippen LogP contribution is -2.29. The number of carbonyl (C=O) groups excluding carboxylic acids is 2. The summed E-state index contributed by atoms with van der Waals surface area (Å²) < 4.78 is 0. The van der Waals surface area contributed by atoms with Crippen molar-refractivity contribution in [1.29, 1.82) is 0 Å². The third-order valence-electron chi connectivity index (χ3n) is 3.28. The van der Waals surface area contributed by atoms with Crippen LogP contribution < -0.4 is 16.4 Å². The fourth-order valence-corrected chi connectivity index (χ4v) is 1.98. The molecule has 0 heterocycles. The Hall–Kier alpha value is -1.88. The number of anilines is 1. The molecule has 2 amide bonds. The average molecular weight is 277 g/mol. The number of hydrogen-bond donors (Lipinski definition) is 3. The van der Waals surface area contributed by atoms with Crippen molar-refractivity contribution in [2.24, 2.45) is 11.7 Å². The van der Waals surface area contributed by atoms with Gasteiger partial charge in [0.25, 0.3) is 5.91 Å². The zero-order valence-corrected chi connectivity index (χ0v) is 12.3. The number of amides is 2. The van der Waals surface area contributed by atoms with Gasteiger partial charge in [-0.3, -0.25) is 9.59 Å². The Morgan fingerprint density at radius 2 is 2.05 bits per heavy atom. The van der Waals surface area contributed by atoms with Crippen molar-refractivity contribution in [3.63, 3.8) is 0 Å². The van der Waals surface area contributed by atoms with Crippen LogP contribution in [0, 0.1) is 12.8 Å². The van der Waals surface area contributed by atoms with E-state index in [1.54, 1.807) is 19.2 Å². The van der Waals surface area contributed by atoms with Crippen LogP contribution in [0.25, 0.3) is 0 Å². The van der Waals surface area contributed by atoms with Gasteiger partial charge in [-0.2, -0.15) is 0 Å². The Labute approximate surface area is 119 Å². The minimum absolute atomic E-state index is 0.0912. The first-order valence-electron chi connectivity index (χ1n) is 6.87. The average Bonchev–Trinajstić information content (AvgIpc) is 2.45. The maximum Gasteiger partial charge on any atom is 0.251 e. The molecule has 0 aliphatic carbocycles. The number of benzene rings is 1. The van der Waals surface area contributed by atoms with E-state index in [0.29, 0.717) is 17.8 Å². The highest BCUT2D eigenvalue weighted by atomic mass is 16.2. The van der Waals surface area contributed by atoms with E-state index >= 15 is 0 Å². The van der Waals surface area contributed by atoms with Crippen molar-refractivity contribution < 1.29 is 9.59 Å². The SMILES string of the molecule is CCCC(CN)C(=O)Nc1cc(C(=O)NC)ccc1C. The zero-order chi connectivity index (χ0) is 15.1. The Balaban J connectivity index is 2.90. The fourth-order valence-electron chi connectivity index (χ4n) is 1.98. The van der Waals surface area contributed by atoms with Gasteiger partial charge < -0.3 is 16.4 Å². The molecule has 0 aliphatic heterocycles. The van der Waals surface area contributed by atoms with Gasteiger partial charge >= 0.3 is 0 Å². The fraction of sp³-hybridized carbons (Fsp3) is 0.467. The van der Waals surface area contributed by atoms with Crippen molar-refractivity contribution >= 4 is 17.5 Å². The first kappa shape index (κ1) is 16.2. The molecule has 1 aromatic carbocycles. The van der Waals surface area contributed by atoms with E-state index in [-0.39, 0.29) is 17.7 Å². The minimum atomic E-state index is -0.192.